The van der Waals surface area contributed by atoms with E-state index in [0.29, 0.717) is 12.5 Å². The highest BCUT2D eigenvalue weighted by Gasteiger charge is 2.18. The summed E-state index contributed by atoms with van der Waals surface area (Å²) in [5.41, 5.74) is 6.13. The van der Waals surface area contributed by atoms with Gasteiger partial charge in [0.2, 0.25) is 6.33 Å². The molecule has 0 fully saturated rings. The fourth-order valence-electron chi connectivity index (χ4n) is 3.20. The van der Waals surface area contributed by atoms with Crippen LogP contribution >= 0.6 is 0 Å². The average Bonchev–Trinajstić information content (AvgIpc) is 2.89. The predicted molar refractivity (Wildman–Crippen MR) is 105 cm³/mol. The molecular weight excluding hydrogens is 324 g/mol. The maximum Gasteiger partial charge on any atom is 0.244 e. The molecule has 4 nitrogen and oxygen atoms in total. The highest BCUT2D eigenvalue weighted by Crippen LogP contribution is 2.20. The number of rotatable bonds is 6. The monoisotopic (exact) mass is 353 g/mol. The second kappa shape index (κ2) is 7.50. The first kappa shape index (κ1) is 18.5. The van der Waals surface area contributed by atoms with E-state index in [1.807, 2.05) is 25.5 Å². The minimum absolute atomic E-state index is 0.273. The quantitative estimate of drug-likeness (QED) is 0.687. The van der Waals surface area contributed by atoms with E-state index >= 15 is 0 Å². The lowest BCUT2D eigenvalue weighted by atomic mass is 10.0. The van der Waals surface area contributed by atoms with E-state index in [9.17, 15) is 5.11 Å². The van der Waals surface area contributed by atoms with Crippen LogP contribution in [0.25, 0.3) is 11.0 Å². The number of aliphatic hydroxyl groups is 1. The molecule has 1 unspecified atom stereocenters. The molecule has 138 valence electrons. The molecule has 1 aromatic heterocycles. The van der Waals surface area contributed by atoms with Crippen LogP contribution in [0, 0.1) is 13.8 Å². The third-order valence-electron chi connectivity index (χ3n) is 4.99. The van der Waals surface area contributed by atoms with Crippen molar-refractivity contribution in [2.24, 2.45) is 7.05 Å². The molecule has 0 bridgehead atoms. The molecule has 0 aliphatic carbocycles. The van der Waals surface area contributed by atoms with Crippen molar-refractivity contribution in [2.45, 2.75) is 46.3 Å². The maximum atomic E-state index is 10.4. The normalized spacial score (nSPS) is 12.7. The molecule has 0 radical (unpaired) electrons. The van der Waals surface area contributed by atoms with E-state index in [1.165, 1.54) is 22.2 Å². The van der Waals surface area contributed by atoms with E-state index in [-0.39, 0.29) is 6.61 Å². The second-order valence-electron chi connectivity index (χ2n) is 7.49. The van der Waals surface area contributed by atoms with E-state index in [4.69, 9.17) is 4.74 Å². The molecule has 1 heterocycles. The number of nitrogens with zero attached hydrogens (tertiary/aromatic N) is 2. The third kappa shape index (κ3) is 3.91. The van der Waals surface area contributed by atoms with Crippen molar-refractivity contribution < 1.29 is 14.4 Å². The van der Waals surface area contributed by atoms with Gasteiger partial charge < -0.3 is 9.84 Å². The molecule has 0 saturated heterocycles. The number of aryl methyl sites for hydroxylation is 3. The number of aromatic nitrogens is 2. The number of imidazole rings is 1. The van der Waals surface area contributed by atoms with Gasteiger partial charge >= 0.3 is 0 Å². The minimum Gasteiger partial charge on any atom is -0.491 e. The van der Waals surface area contributed by atoms with E-state index in [2.05, 4.69) is 61.1 Å². The molecular formula is C22H29N2O2+. The van der Waals surface area contributed by atoms with Crippen molar-refractivity contribution in [3.63, 3.8) is 0 Å². The highest BCUT2D eigenvalue weighted by atomic mass is 16.5. The molecule has 26 heavy (non-hydrogen) atoms. The van der Waals surface area contributed by atoms with Crippen LogP contribution in [0.2, 0.25) is 0 Å². The average molecular weight is 353 g/mol. The van der Waals surface area contributed by atoms with Crippen molar-refractivity contribution in [3.05, 3.63) is 59.4 Å². The second-order valence-corrected chi connectivity index (χ2v) is 7.49. The van der Waals surface area contributed by atoms with Crippen LogP contribution < -0.4 is 9.30 Å². The Morgan fingerprint density at radius 3 is 2.38 bits per heavy atom. The lowest BCUT2D eigenvalue weighted by molar-refractivity contribution is -0.645. The maximum absolute atomic E-state index is 10.4. The van der Waals surface area contributed by atoms with Gasteiger partial charge in [0.25, 0.3) is 0 Å². The summed E-state index contributed by atoms with van der Waals surface area (Å²) in [5, 5.41) is 10.4. The molecule has 3 rings (SSSR count). The van der Waals surface area contributed by atoms with Crippen LogP contribution in [0.5, 0.6) is 5.75 Å². The van der Waals surface area contributed by atoms with Gasteiger partial charge in [0.05, 0.1) is 7.05 Å². The summed E-state index contributed by atoms with van der Waals surface area (Å²) in [6.07, 6.45) is 1.46. The Bertz CT molecular complexity index is 895. The summed E-state index contributed by atoms with van der Waals surface area (Å²) in [6.45, 7) is 9.36. The molecule has 1 N–H and O–H groups in total. The van der Waals surface area contributed by atoms with E-state index in [0.717, 1.165) is 11.3 Å². The fourth-order valence-corrected chi connectivity index (χ4v) is 3.20. The SMILES string of the molecule is Cc1cc2c(cc1C)[n+](C)cn2CC(O)COc1ccc(C(C)C)cc1. The van der Waals surface area contributed by atoms with Crippen LogP contribution in [0.1, 0.15) is 36.5 Å². The van der Waals surface area contributed by atoms with Crippen LogP contribution in [0.15, 0.2) is 42.7 Å². The number of ether oxygens (including phenoxy) is 1. The summed E-state index contributed by atoms with van der Waals surface area (Å²) in [7, 11) is 2.03. The molecule has 3 aromatic rings. The van der Waals surface area contributed by atoms with Crippen molar-refractivity contribution in [1.82, 2.24) is 4.57 Å². The van der Waals surface area contributed by atoms with Gasteiger partial charge in [-0.05, 0) is 60.7 Å². The van der Waals surface area contributed by atoms with Crippen LogP contribution in [-0.4, -0.2) is 22.4 Å². The molecule has 0 saturated carbocycles. The Labute approximate surface area is 155 Å². The zero-order valence-corrected chi connectivity index (χ0v) is 16.4. The number of hydrogen-bond donors (Lipinski definition) is 1. The summed E-state index contributed by atoms with van der Waals surface area (Å²) < 4.78 is 9.96. The number of hydrogen-bond acceptors (Lipinski definition) is 2. The zero-order chi connectivity index (χ0) is 18.8. The Balaban J connectivity index is 1.67. The summed E-state index contributed by atoms with van der Waals surface area (Å²) in [4.78, 5) is 0. The van der Waals surface area contributed by atoms with Gasteiger partial charge in [-0.1, -0.05) is 26.0 Å². The van der Waals surface area contributed by atoms with E-state index < -0.39 is 6.10 Å². The standard InChI is InChI=1S/C22H29N2O2/c1-15(2)18-6-8-20(9-7-18)26-13-19(25)12-24-14-23(5)21-10-16(3)17(4)11-22(21)24/h6-11,14-15,19,25H,12-13H2,1-5H3/q+1. The van der Waals surface area contributed by atoms with Gasteiger partial charge in [0, 0.05) is 0 Å². The van der Waals surface area contributed by atoms with Gasteiger partial charge in [0.1, 0.15) is 25.0 Å². The van der Waals surface area contributed by atoms with Gasteiger partial charge in [-0.25, -0.2) is 9.13 Å². The summed E-state index contributed by atoms with van der Waals surface area (Å²) in [6, 6.07) is 12.5. The Morgan fingerprint density at radius 1 is 1.08 bits per heavy atom. The lowest BCUT2D eigenvalue weighted by Gasteiger charge is -2.12. The van der Waals surface area contributed by atoms with Crippen molar-refractivity contribution in [2.75, 3.05) is 6.61 Å². The molecule has 4 heteroatoms. The van der Waals surface area contributed by atoms with Crippen molar-refractivity contribution >= 4 is 11.0 Å². The molecule has 1 atom stereocenters. The first-order chi connectivity index (χ1) is 12.3. The lowest BCUT2D eigenvalue weighted by Crippen LogP contribution is -2.27. The van der Waals surface area contributed by atoms with Gasteiger partial charge in [0.15, 0.2) is 11.0 Å². The number of fused-ring (bicyclic) bond motifs is 1. The van der Waals surface area contributed by atoms with Gasteiger partial charge in [-0.15, -0.1) is 0 Å². The van der Waals surface area contributed by atoms with Crippen LogP contribution in [-0.2, 0) is 13.6 Å². The highest BCUT2D eigenvalue weighted by molar-refractivity contribution is 5.74. The summed E-state index contributed by atoms with van der Waals surface area (Å²) >= 11 is 0. The molecule has 0 spiro atoms. The Morgan fingerprint density at radius 2 is 1.73 bits per heavy atom. The molecule has 0 aliphatic heterocycles. The largest absolute Gasteiger partial charge is 0.491 e. The topological polar surface area (TPSA) is 38.3 Å². The smallest absolute Gasteiger partial charge is 0.244 e. The number of benzene rings is 2. The van der Waals surface area contributed by atoms with Crippen LogP contribution in [0.4, 0.5) is 0 Å². The fraction of sp³-hybridized carbons (Fsp3) is 0.409. The van der Waals surface area contributed by atoms with Crippen molar-refractivity contribution in [3.8, 4) is 5.75 Å². The first-order valence-corrected chi connectivity index (χ1v) is 9.21. The van der Waals surface area contributed by atoms with Crippen molar-refractivity contribution in [1.29, 1.82) is 0 Å². The molecule has 0 amide bonds. The molecule has 0 aliphatic rings. The van der Waals surface area contributed by atoms with Gasteiger partial charge in [-0.2, -0.15) is 0 Å². The summed E-state index contributed by atoms with van der Waals surface area (Å²) in [5.74, 6) is 1.30. The minimum atomic E-state index is -0.572. The van der Waals surface area contributed by atoms with Gasteiger partial charge in [-0.3, -0.25) is 0 Å². The first-order valence-electron chi connectivity index (χ1n) is 9.21. The van der Waals surface area contributed by atoms with Crippen LogP contribution in [0.3, 0.4) is 0 Å². The predicted octanol–water partition coefficient (Wildman–Crippen LogP) is 3.65. The van der Waals surface area contributed by atoms with E-state index in [1.54, 1.807) is 0 Å². The molecule has 2 aromatic carbocycles. The zero-order valence-electron chi connectivity index (χ0n) is 16.4. The Kier molecular flexibility index (Phi) is 5.33. The third-order valence-corrected chi connectivity index (χ3v) is 4.99. The number of aliphatic hydroxyl groups excluding tert-OH is 1. The Hall–Kier alpha value is -2.33.